The van der Waals surface area contributed by atoms with Gasteiger partial charge in [0, 0.05) is 30.7 Å². The molecule has 4 rings (SSSR count). The lowest BCUT2D eigenvalue weighted by Crippen LogP contribution is -2.51. The van der Waals surface area contributed by atoms with Crippen LogP contribution in [0.15, 0.2) is 10.1 Å². The van der Waals surface area contributed by atoms with Crippen LogP contribution >= 0.6 is 11.3 Å². The van der Waals surface area contributed by atoms with E-state index in [1.807, 2.05) is 11.9 Å². The second-order valence-electron chi connectivity index (χ2n) is 6.41. The van der Waals surface area contributed by atoms with Crippen molar-refractivity contribution in [3.8, 4) is 0 Å². The van der Waals surface area contributed by atoms with Crippen LogP contribution < -0.4 is 5.32 Å². The summed E-state index contributed by atoms with van der Waals surface area (Å²) in [4.78, 5) is 23.0. The lowest BCUT2D eigenvalue weighted by molar-refractivity contribution is -0.123. The highest BCUT2D eigenvalue weighted by Gasteiger charge is 2.42. The van der Waals surface area contributed by atoms with Gasteiger partial charge in [-0.3, -0.25) is 9.80 Å². The molecule has 0 aliphatic carbocycles. The molecule has 0 saturated carbocycles. The quantitative estimate of drug-likeness (QED) is 0.893. The van der Waals surface area contributed by atoms with Crippen LogP contribution in [0.25, 0.3) is 0 Å². The van der Waals surface area contributed by atoms with Gasteiger partial charge in [-0.1, -0.05) is 0 Å². The normalized spacial score (nSPS) is 27.2. The van der Waals surface area contributed by atoms with Gasteiger partial charge in [-0.15, -0.1) is 11.3 Å². The largest absolute Gasteiger partial charge is 0.381 e. The van der Waals surface area contributed by atoms with Gasteiger partial charge in [0.05, 0.1) is 16.7 Å². The molecule has 1 aromatic heterocycles. The molecule has 0 radical (unpaired) electrons. The number of amidine groups is 1. The van der Waals surface area contributed by atoms with Gasteiger partial charge in [-0.2, -0.15) is 5.10 Å². The summed E-state index contributed by atoms with van der Waals surface area (Å²) in [5.74, 6) is 0.375. The predicted octanol–water partition coefficient (Wildman–Crippen LogP) is 1.25. The number of ether oxygens (including phenoxy) is 1. The predicted molar refractivity (Wildman–Crippen MR) is 92.3 cm³/mol. The Morgan fingerprint density at radius 1 is 1.38 bits per heavy atom. The third-order valence-electron chi connectivity index (χ3n) is 4.71. The number of aromatic nitrogens is 1. The maximum atomic E-state index is 12.4. The number of rotatable bonds is 3. The maximum absolute atomic E-state index is 12.4. The van der Waals surface area contributed by atoms with E-state index in [0.717, 1.165) is 36.8 Å². The van der Waals surface area contributed by atoms with Crippen molar-refractivity contribution >= 4 is 29.3 Å². The first kappa shape index (κ1) is 15.7. The number of fused-ring (bicyclic) bond motifs is 1. The molecular formula is C16H21N5O2S. The maximum Gasteiger partial charge on any atom is 0.238 e. The minimum Gasteiger partial charge on any atom is -0.381 e. The fourth-order valence-electron chi connectivity index (χ4n) is 3.46. The number of hydrogen-bond donors (Lipinski definition) is 1. The van der Waals surface area contributed by atoms with E-state index in [0.29, 0.717) is 18.3 Å². The summed E-state index contributed by atoms with van der Waals surface area (Å²) in [7, 11) is 0. The van der Waals surface area contributed by atoms with Gasteiger partial charge < -0.3 is 10.1 Å². The average molecular weight is 347 g/mol. The Bertz CT molecular complexity index is 707. The second kappa shape index (κ2) is 6.25. The molecule has 2 unspecified atom stereocenters. The Morgan fingerprint density at radius 3 is 2.88 bits per heavy atom. The number of amides is 1. The van der Waals surface area contributed by atoms with E-state index in [4.69, 9.17) is 9.73 Å². The lowest BCUT2D eigenvalue weighted by atomic mass is 10.0. The van der Waals surface area contributed by atoms with Gasteiger partial charge in [0.1, 0.15) is 11.8 Å². The zero-order chi connectivity index (χ0) is 16.7. The number of aryl methyl sites for hydroxylation is 2. The van der Waals surface area contributed by atoms with E-state index in [1.165, 1.54) is 4.88 Å². The standard InChI is InChI=1S/C16H21N5O2S/c1-9-13(18-10(2)24-9)7-14-19-15-12(16(22)20-14)8-17-21(15)11-3-5-23-6-4-11/h8,11-12,15H,3-7H2,1-2H3,(H,19,20,22). The van der Waals surface area contributed by atoms with Crippen molar-refractivity contribution in [2.24, 2.45) is 16.0 Å². The lowest BCUT2D eigenvalue weighted by Gasteiger charge is -2.35. The van der Waals surface area contributed by atoms with Gasteiger partial charge in [0.15, 0.2) is 6.17 Å². The van der Waals surface area contributed by atoms with Gasteiger partial charge in [0.2, 0.25) is 5.91 Å². The van der Waals surface area contributed by atoms with Gasteiger partial charge in [0.25, 0.3) is 0 Å². The number of thiazole rings is 1. The fraction of sp³-hybridized carbons (Fsp3) is 0.625. The van der Waals surface area contributed by atoms with Crippen LogP contribution in [0, 0.1) is 19.8 Å². The zero-order valence-corrected chi connectivity index (χ0v) is 14.7. The van der Waals surface area contributed by atoms with Crippen LogP contribution in [0.1, 0.15) is 28.4 Å². The third-order valence-corrected chi connectivity index (χ3v) is 5.64. The van der Waals surface area contributed by atoms with Crippen LogP contribution in [-0.4, -0.2) is 53.4 Å². The summed E-state index contributed by atoms with van der Waals surface area (Å²) >= 11 is 1.67. The Balaban J connectivity index is 1.56. The number of nitrogens with one attached hydrogen (secondary N) is 1. The Hall–Kier alpha value is -1.80. The molecule has 1 saturated heterocycles. The molecule has 24 heavy (non-hydrogen) atoms. The van der Waals surface area contributed by atoms with E-state index in [1.54, 1.807) is 17.6 Å². The van der Waals surface area contributed by atoms with E-state index < -0.39 is 0 Å². The van der Waals surface area contributed by atoms with Gasteiger partial charge >= 0.3 is 0 Å². The van der Waals surface area contributed by atoms with Gasteiger partial charge in [-0.05, 0) is 26.7 Å². The molecule has 0 spiro atoms. The SMILES string of the molecule is Cc1nc(CC2=NC3C(C=NN3C3CCOCC3)C(=O)N2)c(C)s1. The van der Waals surface area contributed by atoms with E-state index >= 15 is 0 Å². The second-order valence-corrected chi connectivity index (χ2v) is 7.81. The van der Waals surface area contributed by atoms with Crippen LogP contribution in [0.5, 0.6) is 0 Å². The number of hydrazone groups is 1. The molecule has 8 heteroatoms. The van der Waals surface area contributed by atoms with Crippen molar-refractivity contribution in [1.29, 1.82) is 0 Å². The van der Waals surface area contributed by atoms with Crippen LogP contribution in [0.4, 0.5) is 0 Å². The Morgan fingerprint density at radius 2 is 2.17 bits per heavy atom. The summed E-state index contributed by atoms with van der Waals surface area (Å²) in [6.45, 7) is 5.54. The summed E-state index contributed by atoms with van der Waals surface area (Å²) < 4.78 is 5.43. The highest BCUT2D eigenvalue weighted by Crippen LogP contribution is 2.28. The first-order valence-corrected chi connectivity index (χ1v) is 9.14. The van der Waals surface area contributed by atoms with Crippen molar-refractivity contribution in [2.75, 3.05) is 13.2 Å². The highest BCUT2D eigenvalue weighted by atomic mass is 32.1. The van der Waals surface area contributed by atoms with Crippen molar-refractivity contribution < 1.29 is 9.53 Å². The number of aliphatic imine (C=N–C) groups is 1. The molecule has 1 N–H and O–H groups in total. The summed E-state index contributed by atoms with van der Waals surface area (Å²) in [6, 6.07) is 0.296. The molecule has 1 fully saturated rings. The van der Waals surface area contributed by atoms with Crippen LogP contribution in [-0.2, 0) is 16.0 Å². The molecule has 0 bridgehead atoms. The zero-order valence-electron chi connectivity index (χ0n) is 13.9. The topological polar surface area (TPSA) is 79.2 Å². The third kappa shape index (κ3) is 2.84. The average Bonchev–Trinajstić information content (AvgIpc) is 3.12. The summed E-state index contributed by atoms with van der Waals surface area (Å²) in [5, 5.41) is 10.5. The van der Waals surface area contributed by atoms with Crippen LogP contribution in [0.2, 0.25) is 0 Å². The molecule has 128 valence electrons. The first-order chi connectivity index (χ1) is 11.6. The van der Waals surface area contributed by atoms with Crippen molar-refractivity contribution in [2.45, 2.75) is 45.3 Å². The molecule has 0 aromatic carbocycles. The first-order valence-electron chi connectivity index (χ1n) is 8.32. The van der Waals surface area contributed by atoms with E-state index in [2.05, 4.69) is 22.3 Å². The molecule has 2 atom stereocenters. The van der Waals surface area contributed by atoms with Crippen molar-refractivity contribution in [1.82, 2.24) is 15.3 Å². The molecular weight excluding hydrogens is 326 g/mol. The Kier molecular flexibility index (Phi) is 4.09. The molecule has 3 aliphatic heterocycles. The minimum absolute atomic E-state index is 0.0204. The molecule has 3 aliphatic rings. The smallest absolute Gasteiger partial charge is 0.238 e. The minimum atomic E-state index is -0.296. The summed E-state index contributed by atoms with van der Waals surface area (Å²) in [6.07, 6.45) is 3.92. The number of hydrogen-bond acceptors (Lipinski definition) is 7. The van der Waals surface area contributed by atoms with E-state index in [9.17, 15) is 4.79 Å². The molecule has 4 heterocycles. The summed E-state index contributed by atoms with van der Waals surface area (Å²) in [5.41, 5.74) is 0.992. The molecule has 1 aromatic rings. The Labute approximate surface area is 144 Å². The van der Waals surface area contributed by atoms with Crippen molar-refractivity contribution in [3.63, 3.8) is 0 Å². The fourth-order valence-corrected chi connectivity index (χ4v) is 4.30. The molecule has 7 nitrogen and oxygen atoms in total. The number of carbonyl (C=O) groups excluding carboxylic acids is 1. The number of carbonyl (C=O) groups is 1. The molecule has 1 amide bonds. The highest BCUT2D eigenvalue weighted by molar-refractivity contribution is 7.11. The van der Waals surface area contributed by atoms with Gasteiger partial charge in [-0.25, -0.2) is 9.98 Å². The van der Waals surface area contributed by atoms with Crippen LogP contribution in [0.3, 0.4) is 0 Å². The number of nitrogens with zero attached hydrogens (tertiary/aromatic N) is 4. The van der Waals surface area contributed by atoms with Crippen molar-refractivity contribution in [3.05, 3.63) is 15.6 Å². The monoisotopic (exact) mass is 347 g/mol. The van der Waals surface area contributed by atoms with E-state index in [-0.39, 0.29) is 18.0 Å².